The van der Waals surface area contributed by atoms with Crippen LogP contribution in [0, 0.1) is 0 Å². The number of para-hydroxylation sites is 1. The minimum absolute atomic E-state index is 0.0823. The Labute approximate surface area is 210 Å². The van der Waals surface area contributed by atoms with Crippen molar-refractivity contribution in [1.29, 1.82) is 0 Å². The fourth-order valence-electron chi connectivity index (χ4n) is 3.02. The number of benzene rings is 3. The van der Waals surface area contributed by atoms with Crippen molar-refractivity contribution in [3.8, 4) is 11.5 Å². The van der Waals surface area contributed by atoms with Gasteiger partial charge in [-0.1, -0.05) is 31.2 Å². The number of anilines is 1. The number of ether oxygens (including phenoxy) is 2. The molecule has 0 aliphatic carbocycles. The number of rotatable bonds is 10. The van der Waals surface area contributed by atoms with Crippen LogP contribution in [0.3, 0.4) is 0 Å². The molecule has 0 saturated heterocycles. The molecule has 0 bridgehead atoms. The van der Waals surface area contributed by atoms with E-state index in [1.54, 1.807) is 48.5 Å². The molecule has 3 rings (SSSR count). The van der Waals surface area contributed by atoms with E-state index in [4.69, 9.17) is 21.7 Å². The van der Waals surface area contributed by atoms with Gasteiger partial charge in [-0.3, -0.25) is 14.9 Å². The van der Waals surface area contributed by atoms with Crippen LogP contribution >= 0.6 is 12.2 Å². The molecule has 182 valence electrons. The van der Waals surface area contributed by atoms with Crippen molar-refractivity contribution in [2.75, 3.05) is 18.5 Å². The van der Waals surface area contributed by atoms with E-state index in [1.807, 2.05) is 44.2 Å². The second-order valence-electron chi connectivity index (χ2n) is 7.81. The monoisotopic (exact) mass is 491 g/mol. The third kappa shape index (κ3) is 8.42. The van der Waals surface area contributed by atoms with Crippen LogP contribution in [-0.4, -0.2) is 36.2 Å². The average molecular weight is 492 g/mol. The third-order valence-corrected chi connectivity index (χ3v) is 5.28. The minimum atomic E-state index is -0.355. The Kier molecular flexibility index (Phi) is 9.62. The normalized spacial score (nSPS) is 11.1. The largest absolute Gasteiger partial charge is 0.490 e. The van der Waals surface area contributed by atoms with Crippen molar-refractivity contribution in [2.45, 2.75) is 26.3 Å². The molecule has 0 aromatic heterocycles. The van der Waals surface area contributed by atoms with E-state index in [0.717, 1.165) is 12.2 Å². The fraction of sp³-hybridized carbons (Fsp3) is 0.222. The maximum atomic E-state index is 12.5. The van der Waals surface area contributed by atoms with Crippen LogP contribution in [0.15, 0.2) is 78.9 Å². The Morgan fingerprint density at radius 3 is 2.14 bits per heavy atom. The predicted octanol–water partition coefficient (Wildman–Crippen LogP) is 4.80. The van der Waals surface area contributed by atoms with Crippen LogP contribution in [0.1, 0.15) is 41.0 Å². The highest BCUT2D eigenvalue weighted by Crippen LogP contribution is 2.14. The number of nitrogens with one attached hydrogen (secondary N) is 3. The van der Waals surface area contributed by atoms with Gasteiger partial charge in [0.05, 0.1) is 0 Å². The molecule has 0 heterocycles. The van der Waals surface area contributed by atoms with Gasteiger partial charge in [0, 0.05) is 22.9 Å². The van der Waals surface area contributed by atoms with Crippen LogP contribution in [0.4, 0.5) is 5.69 Å². The summed E-state index contributed by atoms with van der Waals surface area (Å²) in [7, 11) is 0. The smallest absolute Gasteiger partial charge is 0.257 e. The Hall–Kier alpha value is -3.91. The van der Waals surface area contributed by atoms with Gasteiger partial charge in [0.2, 0.25) is 0 Å². The number of amides is 2. The lowest BCUT2D eigenvalue weighted by Gasteiger charge is -2.13. The van der Waals surface area contributed by atoms with Gasteiger partial charge < -0.3 is 20.1 Å². The van der Waals surface area contributed by atoms with Crippen molar-refractivity contribution in [3.05, 3.63) is 90.0 Å². The molecule has 0 spiro atoms. The van der Waals surface area contributed by atoms with Crippen LogP contribution in [0.25, 0.3) is 0 Å². The predicted molar refractivity (Wildman–Crippen MR) is 141 cm³/mol. The molecule has 0 saturated carbocycles. The zero-order valence-corrected chi connectivity index (χ0v) is 20.6. The van der Waals surface area contributed by atoms with Crippen molar-refractivity contribution in [1.82, 2.24) is 10.6 Å². The molecular weight excluding hydrogens is 462 g/mol. The second kappa shape index (κ2) is 13.1. The van der Waals surface area contributed by atoms with Gasteiger partial charge in [-0.05, 0) is 80.2 Å². The summed E-state index contributed by atoms with van der Waals surface area (Å²) in [6.07, 6.45) is 0.843. The molecule has 0 radical (unpaired) electrons. The molecule has 1 unspecified atom stereocenters. The first-order valence-corrected chi connectivity index (χ1v) is 11.8. The molecule has 2 amide bonds. The first-order chi connectivity index (χ1) is 16.9. The lowest BCUT2D eigenvalue weighted by Crippen LogP contribution is -2.34. The number of carbonyl (C=O) groups is 2. The quantitative estimate of drug-likeness (QED) is 0.279. The Balaban J connectivity index is 1.45. The third-order valence-electron chi connectivity index (χ3n) is 5.08. The standard InChI is InChI=1S/C27H29N3O4S/c1-3-19(2)28-26(32)21-8-7-9-22(18-21)29-27(35)30-25(31)20-12-14-24(15-13-20)34-17-16-33-23-10-5-4-6-11-23/h4-15,18-19H,3,16-17H2,1-2H3,(H,28,32)(H2,29,30,31,35). The SMILES string of the molecule is CCC(C)NC(=O)c1cccc(NC(=S)NC(=O)c2ccc(OCCOc3ccccc3)cc2)c1. The minimum Gasteiger partial charge on any atom is -0.490 e. The highest BCUT2D eigenvalue weighted by atomic mass is 32.1. The molecule has 1 atom stereocenters. The van der Waals surface area contributed by atoms with Gasteiger partial charge in [0.1, 0.15) is 24.7 Å². The van der Waals surface area contributed by atoms with Crippen LogP contribution in [-0.2, 0) is 0 Å². The number of hydrogen-bond donors (Lipinski definition) is 3. The lowest BCUT2D eigenvalue weighted by molar-refractivity contribution is 0.0937. The van der Waals surface area contributed by atoms with Crippen molar-refractivity contribution >= 4 is 34.8 Å². The topological polar surface area (TPSA) is 88.7 Å². The second-order valence-corrected chi connectivity index (χ2v) is 8.21. The van der Waals surface area contributed by atoms with E-state index in [0.29, 0.717) is 35.8 Å². The summed E-state index contributed by atoms with van der Waals surface area (Å²) < 4.78 is 11.2. The van der Waals surface area contributed by atoms with Crippen LogP contribution < -0.4 is 25.4 Å². The van der Waals surface area contributed by atoms with E-state index in [-0.39, 0.29) is 23.0 Å². The van der Waals surface area contributed by atoms with Gasteiger partial charge in [-0.15, -0.1) is 0 Å². The fourth-order valence-corrected chi connectivity index (χ4v) is 3.23. The highest BCUT2D eigenvalue weighted by molar-refractivity contribution is 7.80. The summed E-state index contributed by atoms with van der Waals surface area (Å²) >= 11 is 5.26. The van der Waals surface area contributed by atoms with Gasteiger partial charge >= 0.3 is 0 Å². The molecule has 0 aliphatic rings. The molecule has 3 N–H and O–H groups in total. The first-order valence-electron chi connectivity index (χ1n) is 11.4. The Morgan fingerprint density at radius 1 is 0.829 bits per heavy atom. The molecule has 0 fully saturated rings. The van der Waals surface area contributed by atoms with Crippen LogP contribution in [0.5, 0.6) is 11.5 Å². The number of carbonyl (C=O) groups excluding carboxylic acids is 2. The van der Waals surface area contributed by atoms with E-state index in [9.17, 15) is 9.59 Å². The summed E-state index contributed by atoms with van der Waals surface area (Å²) in [5, 5.41) is 8.64. The zero-order chi connectivity index (χ0) is 25.0. The summed E-state index contributed by atoms with van der Waals surface area (Å²) in [6, 6.07) is 23.3. The maximum Gasteiger partial charge on any atom is 0.257 e. The van der Waals surface area contributed by atoms with Crippen molar-refractivity contribution in [3.63, 3.8) is 0 Å². The van der Waals surface area contributed by atoms with Crippen LogP contribution in [0.2, 0.25) is 0 Å². The summed E-state index contributed by atoms with van der Waals surface area (Å²) in [6.45, 7) is 4.74. The maximum absolute atomic E-state index is 12.5. The Bertz CT molecular complexity index is 1140. The van der Waals surface area contributed by atoms with Gasteiger partial charge in [-0.25, -0.2) is 0 Å². The molecule has 3 aromatic carbocycles. The average Bonchev–Trinajstić information content (AvgIpc) is 2.87. The molecule has 8 heteroatoms. The summed E-state index contributed by atoms with van der Waals surface area (Å²) in [4.78, 5) is 24.9. The molecular formula is C27H29N3O4S. The van der Waals surface area contributed by atoms with E-state index < -0.39 is 0 Å². The van der Waals surface area contributed by atoms with Crippen molar-refractivity contribution in [2.24, 2.45) is 0 Å². The summed E-state index contributed by atoms with van der Waals surface area (Å²) in [5.74, 6) is 0.902. The first kappa shape index (κ1) is 25.7. The molecule has 0 aliphatic heterocycles. The van der Waals surface area contributed by atoms with Gasteiger partial charge in [0.25, 0.3) is 11.8 Å². The number of thiocarbonyl (C=S) groups is 1. The molecule has 7 nitrogen and oxygen atoms in total. The lowest BCUT2D eigenvalue weighted by atomic mass is 10.1. The van der Waals surface area contributed by atoms with Crippen molar-refractivity contribution < 1.29 is 19.1 Å². The summed E-state index contributed by atoms with van der Waals surface area (Å²) in [5.41, 5.74) is 1.55. The van der Waals surface area contributed by atoms with E-state index >= 15 is 0 Å². The van der Waals surface area contributed by atoms with Gasteiger partial charge in [0.15, 0.2) is 5.11 Å². The highest BCUT2D eigenvalue weighted by Gasteiger charge is 2.11. The number of hydrogen-bond acceptors (Lipinski definition) is 5. The van der Waals surface area contributed by atoms with Gasteiger partial charge in [-0.2, -0.15) is 0 Å². The Morgan fingerprint density at radius 2 is 1.49 bits per heavy atom. The zero-order valence-electron chi connectivity index (χ0n) is 19.7. The van der Waals surface area contributed by atoms with E-state index in [2.05, 4.69) is 16.0 Å². The molecule has 35 heavy (non-hydrogen) atoms. The molecule has 3 aromatic rings. The van der Waals surface area contributed by atoms with E-state index in [1.165, 1.54) is 0 Å².